The first-order chi connectivity index (χ1) is 12.2. The number of fused-ring (bicyclic) bond motifs is 1. The number of hydrogen-bond acceptors (Lipinski definition) is 3. The van der Waals surface area contributed by atoms with Crippen LogP contribution in [-0.4, -0.2) is 9.97 Å². The summed E-state index contributed by atoms with van der Waals surface area (Å²) in [6, 6.07) is 10.7. The van der Waals surface area contributed by atoms with Crippen LogP contribution in [0.15, 0.2) is 47.2 Å². The lowest BCUT2D eigenvalue weighted by atomic mass is 9.77. The van der Waals surface area contributed by atoms with Crippen molar-refractivity contribution in [3.8, 4) is 0 Å². The van der Waals surface area contributed by atoms with Gasteiger partial charge in [0, 0.05) is 18.0 Å². The average molecular weight is 334 g/mol. The van der Waals surface area contributed by atoms with Gasteiger partial charge in [-0.05, 0) is 61.1 Å². The van der Waals surface area contributed by atoms with Gasteiger partial charge in [-0.25, -0.2) is 4.98 Å². The highest BCUT2D eigenvalue weighted by atomic mass is 16.3. The molecule has 2 aromatic heterocycles. The Morgan fingerprint density at radius 1 is 1.08 bits per heavy atom. The first kappa shape index (κ1) is 16.3. The molecule has 0 atom stereocenters. The zero-order valence-corrected chi connectivity index (χ0v) is 15.1. The lowest BCUT2D eigenvalue weighted by molar-refractivity contribution is 0.305. The molecule has 3 nitrogen and oxygen atoms in total. The van der Waals surface area contributed by atoms with Crippen LogP contribution in [0.1, 0.15) is 68.5 Å². The quantitative estimate of drug-likeness (QED) is 0.599. The van der Waals surface area contributed by atoms with Gasteiger partial charge in [0.2, 0.25) is 0 Å². The summed E-state index contributed by atoms with van der Waals surface area (Å²) in [5.41, 5.74) is 3.66. The summed E-state index contributed by atoms with van der Waals surface area (Å²) in [7, 11) is 0. The van der Waals surface area contributed by atoms with Crippen LogP contribution < -0.4 is 0 Å². The number of oxazole rings is 1. The lowest BCUT2D eigenvalue weighted by Crippen LogP contribution is -2.16. The van der Waals surface area contributed by atoms with E-state index in [1.807, 2.05) is 12.5 Å². The predicted octanol–water partition coefficient (Wildman–Crippen LogP) is 5.86. The summed E-state index contributed by atoms with van der Waals surface area (Å²) in [5, 5.41) is 1.32. The maximum atomic E-state index is 5.68. The molecular weight excluding hydrogens is 308 g/mol. The minimum absolute atomic E-state index is 0.438. The average Bonchev–Trinajstić information content (AvgIpc) is 3.11. The summed E-state index contributed by atoms with van der Waals surface area (Å²) < 4.78 is 5.68. The van der Waals surface area contributed by atoms with Gasteiger partial charge in [0.1, 0.15) is 6.26 Å². The summed E-state index contributed by atoms with van der Waals surface area (Å²) in [6.07, 6.45) is 9.77. The molecule has 1 fully saturated rings. The molecule has 25 heavy (non-hydrogen) atoms. The zero-order valence-electron chi connectivity index (χ0n) is 15.1. The van der Waals surface area contributed by atoms with E-state index in [9.17, 15) is 0 Å². The number of benzene rings is 1. The van der Waals surface area contributed by atoms with E-state index in [4.69, 9.17) is 4.42 Å². The topological polar surface area (TPSA) is 38.9 Å². The third kappa shape index (κ3) is 3.46. The van der Waals surface area contributed by atoms with Crippen LogP contribution in [0.2, 0.25) is 0 Å². The fourth-order valence-corrected chi connectivity index (χ4v) is 4.08. The molecule has 1 aromatic carbocycles. The largest absolute Gasteiger partial charge is 0.449 e. The molecule has 0 aliphatic heterocycles. The van der Waals surface area contributed by atoms with Gasteiger partial charge in [0.05, 0.1) is 11.2 Å². The molecule has 0 radical (unpaired) electrons. The summed E-state index contributed by atoms with van der Waals surface area (Å²) in [5.74, 6) is 2.71. The Bertz CT molecular complexity index is 839. The van der Waals surface area contributed by atoms with Gasteiger partial charge in [0.25, 0.3) is 0 Å². The van der Waals surface area contributed by atoms with E-state index in [1.165, 1.54) is 36.6 Å². The molecule has 0 unspecified atom stereocenters. The summed E-state index contributed by atoms with van der Waals surface area (Å²) in [4.78, 5) is 9.15. The molecule has 0 N–H and O–H groups in total. The number of hydrogen-bond donors (Lipinski definition) is 0. The van der Waals surface area contributed by atoms with Crippen LogP contribution in [0.25, 0.3) is 10.9 Å². The number of pyridine rings is 1. The molecule has 4 rings (SSSR count). The van der Waals surface area contributed by atoms with Crippen molar-refractivity contribution < 1.29 is 4.42 Å². The van der Waals surface area contributed by atoms with Gasteiger partial charge >= 0.3 is 0 Å². The molecule has 1 aliphatic rings. The molecule has 0 spiro atoms. The second-order valence-corrected chi connectivity index (χ2v) is 7.66. The van der Waals surface area contributed by atoms with Crippen molar-refractivity contribution in [3.05, 3.63) is 59.9 Å². The molecule has 1 saturated carbocycles. The van der Waals surface area contributed by atoms with Crippen molar-refractivity contribution in [3.63, 3.8) is 0 Å². The Hall–Kier alpha value is -2.16. The van der Waals surface area contributed by atoms with Crippen LogP contribution in [-0.2, 0) is 6.42 Å². The van der Waals surface area contributed by atoms with Crippen LogP contribution in [0.3, 0.4) is 0 Å². The Morgan fingerprint density at radius 3 is 2.64 bits per heavy atom. The van der Waals surface area contributed by atoms with Crippen LogP contribution in [0.5, 0.6) is 0 Å². The Balaban J connectivity index is 1.42. The first-order valence-corrected chi connectivity index (χ1v) is 9.48. The number of aromatic nitrogens is 2. The maximum absolute atomic E-state index is 5.68. The fourth-order valence-electron chi connectivity index (χ4n) is 4.08. The number of para-hydroxylation sites is 1. The second kappa shape index (κ2) is 6.99. The minimum atomic E-state index is 0.438. The van der Waals surface area contributed by atoms with E-state index < -0.39 is 0 Å². The molecule has 0 bridgehead atoms. The lowest BCUT2D eigenvalue weighted by Gasteiger charge is -2.28. The van der Waals surface area contributed by atoms with Crippen molar-refractivity contribution in [1.82, 2.24) is 9.97 Å². The van der Waals surface area contributed by atoms with E-state index >= 15 is 0 Å². The number of nitrogens with zero attached hydrogens (tertiary/aromatic N) is 2. The van der Waals surface area contributed by atoms with Gasteiger partial charge in [-0.2, -0.15) is 0 Å². The molecule has 3 aromatic rings. The fraction of sp³-hybridized carbons (Fsp3) is 0.455. The first-order valence-electron chi connectivity index (χ1n) is 9.48. The highest BCUT2D eigenvalue weighted by molar-refractivity contribution is 5.82. The van der Waals surface area contributed by atoms with Crippen molar-refractivity contribution in [2.45, 2.75) is 57.8 Å². The Labute approximate surface area is 149 Å². The van der Waals surface area contributed by atoms with E-state index in [0.717, 1.165) is 23.5 Å². The molecule has 3 heteroatoms. The SMILES string of the molecule is CC(C)c1coc(C[C@H]2CC[C@@H](c3ccnc4ccccc43)CC2)n1. The molecule has 0 saturated heterocycles. The summed E-state index contributed by atoms with van der Waals surface area (Å²) in [6.45, 7) is 4.32. The second-order valence-electron chi connectivity index (χ2n) is 7.66. The van der Waals surface area contributed by atoms with Crippen LogP contribution in [0, 0.1) is 5.92 Å². The van der Waals surface area contributed by atoms with Crippen molar-refractivity contribution in [2.24, 2.45) is 5.92 Å². The van der Waals surface area contributed by atoms with Gasteiger partial charge in [-0.1, -0.05) is 32.0 Å². The molecule has 130 valence electrons. The highest BCUT2D eigenvalue weighted by Gasteiger charge is 2.25. The van der Waals surface area contributed by atoms with E-state index in [2.05, 4.69) is 54.1 Å². The molecule has 0 amide bonds. The summed E-state index contributed by atoms with van der Waals surface area (Å²) >= 11 is 0. The molecule has 2 heterocycles. The Morgan fingerprint density at radius 2 is 1.88 bits per heavy atom. The molecule has 1 aliphatic carbocycles. The van der Waals surface area contributed by atoms with Gasteiger partial charge < -0.3 is 4.42 Å². The van der Waals surface area contributed by atoms with Crippen LogP contribution in [0.4, 0.5) is 0 Å². The monoisotopic (exact) mass is 334 g/mol. The normalized spacial score (nSPS) is 21.1. The maximum Gasteiger partial charge on any atom is 0.194 e. The van der Waals surface area contributed by atoms with Crippen LogP contribution >= 0.6 is 0 Å². The minimum Gasteiger partial charge on any atom is -0.449 e. The van der Waals surface area contributed by atoms with E-state index in [0.29, 0.717) is 17.8 Å². The van der Waals surface area contributed by atoms with Gasteiger partial charge in [-0.3, -0.25) is 4.98 Å². The van der Waals surface area contributed by atoms with Crippen molar-refractivity contribution in [1.29, 1.82) is 0 Å². The van der Waals surface area contributed by atoms with Crippen molar-refractivity contribution in [2.75, 3.05) is 0 Å². The third-order valence-electron chi connectivity index (χ3n) is 5.59. The van der Waals surface area contributed by atoms with E-state index in [-0.39, 0.29) is 0 Å². The van der Waals surface area contributed by atoms with E-state index in [1.54, 1.807) is 0 Å². The smallest absolute Gasteiger partial charge is 0.194 e. The van der Waals surface area contributed by atoms with Gasteiger partial charge in [0.15, 0.2) is 5.89 Å². The third-order valence-corrected chi connectivity index (χ3v) is 5.59. The number of rotatable bonds is 4. The zero-order chi connectivity index (χ0) is 17.2. The molecular formula is C22H26N2O. The standard InChI is InChI=1S/C22H26N2O/c1-15(2)21-14-25-22(24-21)13-16-7-9-17(10-8-16)18-11-12-23-20-6-4-3-5-19(18)20/h3-6,11-12,14-17H,7-10,13H2,1-2H3/t16-,17+. The van der Waals surface area contributed by atoms with Crippen molar-refractivity contribution >= 4 is 10.9 Å². The highest BCUT2D eigenvalue weighted by Crippen LogP contribution is 2.39. The van der Waals surface area contributed by atoms with Gasteiger partial charge in [-0.15, -0.1) is 0 Å². The predicted molar refractivity (Wildman–Crippen MR) is 101 cm³/mol. The Kier molecular flexibility index (Phi) is 4.56.